The van der Waals surface area contributed by atoms with Crippen LogP contribution in [0.1, 0.15) is 12.5 Å². The van der Waals surface area contributed by atoms with E-state index in [-0.39, 0.29) is 18.5 Å². The van der Waals surface area contributed by atoms with Gasteiger partial charge in [-0.2, -0.15) is 0 Å². The van der Waals surface area contributed by atoms with Crippen LogP contribution in [0, 0.1) is 0 Å². The van der Waals surface area contributed by atoms with E-state index in [2.05, 4.69) is 10.6 Å². The number of rotatable bonds is 7. The average Bonchev–Trinajstić information content (AvgIpc) is 2.36. The summed E-state index contributed by atoms with van der Waals surface area (Å²) in [5, 5.41) is 5.59. The van der Waals surface area contributed by atoms with Crippen LogP contribution in [-0.2, 0) is 16.0 Å². The molecule has 0 spiro atoms. The second-order valence-corrected chi connectivity index (χ2v) is 3.77. The topological polar surface area (TPSA) is 58.2 Å². The molecule has 92 valence electrons. The summed E-state index contributed by atoms with van der Waals surface area (Å²) >= 11 is 0. The van der Waals surface area contributed by atoms with Crippen LogP contribution in [0.3, 0.4) is 0 Å². The van der Waals surface area contributed by atoms with Crippen molar-refractivity contribution < 1.29 is 9.59 Å². The normalized spacial score (nSPS) is 11.8. The van der Waals surface area contributed by atoms with E-state index in [1.165, 1.54) is 0 Å². The smallest absolute Gasteiger partial charge is 0.233 e. The van der Waals surface area contributed by atoms with Gasteiger partial charge in [0, 0.05) is 6.54 Å². The molecule has 17 heavy (non-hydrogen) atoms. The van der Waals surface area contributed by atoms with Crippen LogP contribution in [0.2, 0.25) is 0 Å². The highest BCUT2D eigenvalue weighted by molar-refractivity contribution is 5.78. The minimum atomic E-state index is -0.319. The number of benzene rings is 1. The van der Waals surface area contributed by atoms with Crippen molar-refractivity contribution in [3.8, 4) is 0 Å². The van der Waals surface area contributed by atoms with Gasteiger partial charge in [-0.25, -0.2) is 0 Å². The molecule has 4 nitrogen and oxygen atoms in total. The number of aldehydes is 1. The second kappa shape index (κ2) is 7.57. The summed E-state index contributed by atoms with van der Waals surface area (Å²) in [6.45, 7) is 2.63. The number of amides is 1. The van der Waals surface area contributed by atoms with Crippen LogP contribution in [0.4, 0.5) is 0 Å². The molecule has 0 aliphatic carbocycles. The van der Waals surface area contributed by atoms with E-state index in [4.69, 9.17) is 0 Å². The molecule has 0 aromatic heterocycles. The van der Waals surface area contributed by atoms with Gasteiger partial charge in [-0.3, -0.25) is 10.1 Å². The maximum absolute atomic E-state index is 11.2. The molecule has 0 aliphatic rings. The van der Waals surface area contributed by atoms with E-state index in [0.717, 1.165) is 11.8 Å². The summed E-state index contributed by atoms with van der Waals surface area (Å²) in [5.41, 5.74) is 1.08. The van der Waals surface area contributed by atoms with E-state index in [1.807, 2.05) is 37.3 Å². The largest absolute Gasteiger partial charge is 0.355 e. The summed E-state index contributed by atoms with van der Waals surface area (Å²) in [6, 6.07) is 9.40. The zero-order chi connectivity index (χ0) is 12.5. The molecule has 0 saturated heterocycles. The molecule has 0 saturated carbocycles. The van der Waals surface area contributed by atoms with Gasteiger partial charge in [0.25, 0.3) is 0 Å². The Kier molecular flexibility index (Phi) is 5.96. The Bertz CT molecular complexity index is 352. The van der Waals surface area contributed by atoms with Crippen molar-refractivity contribution >= 4 is 12.2 Å². The van der Waals surface area contributed by atoms with E-state index in [1.54, 1.807) is 0 Å². The minimum Gasteiger partial charge on any atom is -0.355 e. The second-order valence-electron chi connectivity index (χ2n) is 3.77. The van der Waals surface area contributed by atoms with Crippen LogP contribution in [0.5, 0.6) is 0 Å². The Labute approximate surface area is 101 Å². The van der Waals surface area contributed by atoms with Gasteiger partial charge in [-0.05, 0) is 18.9 Å². The lowest BCUT2D eigenvalue weighted by Gasteiger charge is -2.12. The molecular weight excluding hydrogens is 216 g/mol. The molecule has 1 atom stereocenters. The summed E-state index contributed by atoms with van der Waals surface area (Å²) in [7, 11) is 0. The zero-order valence-corrected chi connectivity index (χ0v) is 9.98. The molecule has 1 aromatic carbocycles. The number of hydrogen-bond acceptors (Lipinski definition) is 3. The Morgan fingerprint density at radius 1 is 1.35 bits per heavy atom. The van der Waals surface area contributed by atoms with Crippen molar-refractivity contribution in [2.45, 2.75) is 19.4 Å². The van der Waals surface area contributed by atoms with Crippen molar-refractivity contribution in [1.82, 2.24) is 10.6 Å². The maximum atomic E-state index is 11.2. The Hall–Kier alpha value is -1.68. The summed E-state index contributed by atoms with van der Waals surface area (Å²) in [6.07, 6.45) is 1.44. The minimum absolute atomic E-state index is 0.0904. The number of hydrogen-bond donors (Lipinski definition) is 2. The van der Waals surface area contributed by atoms with Gasteiger partial charge < -0.3 is 10.1 Å². The fraction of sp³-hybridized carbons (Fsp3) is 0.385. The SMILES string of the molecule is CCNC(=O)CNC(C=O)Cc1ccccc1. The molecule has 1 aromatic rings. The number of carbonyl (C=O) groups is 2. The first kappa shape index (κ1) is 13.4. The van der Waals surface area contributed by atoms with Gasteiger partial charge in [-0.15, -0.1) is 0 Å². The first-order chi connectivity index (χ1) is 8.26. The highest BCUT2D eigenvalue weighted by Crippen LogP contribution is 2.01. The fourth-order valence-electron chi connectivity index (χ4n) is 1.52. The monoisotopic (exact) mass is 234 g/mol. The Balaban J connectivity index is 2.39. The molecule has 1 unspecified atom stereocenters. The Morgan fingerprint density at radius 2 is 2.06 bits per heavy atom. The third-order valence-electron chi connectivity index (χ3n) is 2.36. The van der Waals surface area contributed by atoms with E-state index in [9.17, 15) is 9.59 Å². The lowest BCUT2D eigenvalue weighted by atomic mass is 10.1. The van der Waals surface area contributed by atoms with Crippen molar-refractivity contribution in [3.63, 3.8) is 0 Å². The molecule has 0 fully saturated rings. The molecule has 1 amide bonds. The van der Waals surface area contributed by atoms with E-state index in [0.29, 0.717) is 13.0 Å². The third kappa shape index (κ3) is 5.26. The Morgan fingerprint density at radius 3 is 2.65 bits per heavy atom. The average molecular weight is 234 g/mol. The van der Waals surface area contributed by atoms with Crippen molar-refractivity contribution in [2.75, 3.05) is 13.1 Å². The van der Waals surface area contributed by atoms with Crippen LogP contribution in [-0.4, -0.2) is 31.3 Å². The first-order valence-corrected chi connectivity index (χ1v) is 5.75. The quantitative estimate of drug-likeness (QED) is 0.676. The lowest BCUT2D eigenvalue weighted by molar-refractivity contribution is -0.120. The fourth-order valence-corrected chi connectivity index (χ4v) is 1.52. The van der Waals surface area contributed by atoms with Crippen molar-refractivity contribution in [3.05, 3.63) is 35.9 Å². The van der Waals surface area contributed by atoms with Gasteiger partial charge in [-0.1, -0.05) is 30.3 Å². The zero-order valence-electron chi connectivity index (χ0n) is 9.98. The van der Waals surface area contributed by atoms with Gasteiger partial charge in [0.15, 0.2) is 0 Å². The van der Waals surface area contributed by atoms with Crippen LogP contribution < -0.4 is 10.6 Å². The van der Waals surface area contributed by atoms with Crippen LogP contribution in [0.15, 0.2) is 30.3 Å². The molecule has 0 bridgehead atoms. The first-order valence-electron chi connectivity index (χ1n) is 5.75. The highest BCUT2D eigenvalue weighted by atomic mass is 16.2. The lowest BCUT2D eigenvalue weighted by Crippen LogP contribution is -2.40. The van der Waals surface area contributed by atoms with Gasteiger partial charge in [0.1, 0.15) is 6.29 Å². The summed E-state index contributed by atoms with van der Waals surface area (Å²) < 4.78 is 0. The summed E-state index contributed by atoms with van der Waals surface area (Å²) in [4.78, 5) is 22.1. The molecule has 4 heteroatoms. The van der Waals surface area contributed by atoms with Gasteiger partial charge in [0.2, 0.25) is 5.91 Å². The van der Waals surface area contributed by atoms with Crippen molar-refractivity contribution in [2.24, 2.45) is 0 Å². The van der Waals surface area contributed by atoms with Crippen LogP contribution in [0.25, 0.3) is 0 Å². The predicted molar refractivity (Wildman–Crippen MR) is 66.7 cm³/mol. The van der Waals surface area contributed by atoms with Crippen molar-refractivity contribution in [1.29, 1.82) is 0 Å². The third-order valence-corrected chi connectivity index (χ3v) is 2.36. The van der Waals surface area contributed by atoms with Gasteiger partial charge in [0.05, 0.1) is 12.6 Å². The maximum Gasteiger partial charge on any atom is 0.233 e. The van der Waals surface area contributed by atoms with E-state index < -0.39 is 0 Å². The molecule has 2 N–H and O–H groups in total. The predicted octanol–water partition coefficient (Wildman–Crippen LogP) is 0.522. The number of likely N-dealkylation sites (N-methyl/N-ethyl adjacent to an activating group) is 1. The molecule has 0 heterocycles. The number of nitrogens with one attached hydrogen (secondary N) is 2. The number of carbonyl (C=O) groups excluding carboxylic acids is 2. The molecular formula is C13H18N2O2. The molecule has 1 rings (SSSR count). The molecule has 0 aliphatic heterocycles. The standard InChI is InChI=1S/C13H18N2O2/c1-2-14-13(17)9-15-12(10-16)8-11-6-4-3-5-7-11/h3-7,10,12,15H,2,8-9H2,1H3,(H,14,17). The van der Waals surface area contributed by atoms with E-state index >= 15 is 0 Å². The molecule has 0 radical (unpaired) electrons. The summed E-state index contributed by atoms with van der Waals surface area (Å²) in [5.74, 6) is -0.0904. The van der Waals surface area contributed by atoms with Crippen LogP contribution >= 0.6 is 0 Å². The highest BCUT2D eigenvalue weighted by Gasteiger charge is 2.09. The van der Waals surface area contributed by atoms with Gasteiger partial charge >= 0.3 is 0 Å².